The van der Waals surface area contributed by atoms with Crippen LogP contribution in [-0.2, 0) is 9.47 Å². The molecule has 0 saturated carbocycles. The zero-order chi connectivity index (χ0) is 22.2. The Kier molecular flexibility index (Phi) is 6.09. The van der Waals surface area contributed by atoms with Crippen molar-refractivity contribution in [2.75, 3.05) is 32.7 Å². The van der Waals surface area contributed by atoms with Gasteiger partial charge in [-0.2, -0.15) is 0 Å². The number of halogens is 2. The van der Waals surface area contributed by atoms with Gasteiger partial charge in [-0.05, 0) is 47.2 Å². The number of hydrogen-bond acceptors (Lipinski definition) is 8. The van der Waals surface area contributed by atoms with Crippen LogP contribution in [0.4, 0.5) is 11.5 Å². The predicted octanol–water partition coefficient (Wildman–Crippen LogP) is 3.93. The van der Waals surface area contributed by atoms with Crippen molar-refractivity contribution in [1.82, 2.24) is 15.3 Å². The number of benzene rings is 2. The molecule has 2 fully saturated rings. The summed E-state index contributed by atoms with van der Waals surface area (Å²) in [5, 5.41) is 7.93. The molecule has 0 bridgehead atoms. The van der Waals surface area contributed by atoms with Crippen LogP contribution in [0, 0.1) is 0 Å². The van der Waals surface area contributed by atoms with Crippen molar-refractivity contribution in [1.29, 1.82) is 0 Å². The number of hydrogen-bond donors (Lipinski definition) is 2. The summed E-state index contributed by atoms with van der Waals surface area (Å²) in [5.74, 6) is 1.80. The van der Waals surface area contributed by atoms with Crippen LogP contribution in [0.5, 0.6) is 11.5 Å². The normalized spacial score (nSPS) is 24.5. The molecule has 4 atom stereocenters. The number of likely N-dealkylation sites (N-methyl/N-ethyl adjacent to an activating group) is 1. The fourth-order valence-electron chi connectivity index (χ4n) is 4.10. The van der Waals surface area contributed by atoms with Crippen molar-refractivity contribution >= 4 is 49.9 Å². The molecule has 32 heavy (non-hydrogen) atoms. The number of aromatic nitrogens is 2. The van der Waals surface area contributed by atoms with Crippen molar-refractivity contribution in [2.24, 2.45) is 0 Å². The molecular formula is C22H22BrClN4O4. The molecule has 0 aliphatic carbocycles. The van der Waals surface area contributed by atoms with Gasteiger partial charge in [0.2, 0.25) is 0 Å². The van der Waals surface area contributed by atoms with Gasteiger partial charge in [-0.15, -0.1) is 0 Å². The third-order valence-electron chi connectivity index (χ3n) is 5.76. The lowest BCUT2D eigenvalue weighted by Crippen LogP contribution is -2.39. The largest absolute Gasteiger partial charge is 0.493 e. The predicted molar refractivity (Wildman–Crippen MR) is 125 cm³/mol. The Balaban J connectivity index is 1.43. The van der Waals surface area contributed by atoms with E-state index in [4.69, 9.17) is 30.5 Å². The summed E-state index contributed by atoms with van der Waals surface area (Å²) in [6.07, 6.45) is 1.13. The smallest absolute Gasteiger partial charge is 0.164 e. The number of rotatable bonds is 6. The Bertz CT molecular complexity index is 1150. The van der Waals surface area contributed by atoms with E-state index in [2.05, 4.69) is 36.5 Å². The Morgan fingerprint density at radius 2 is 1.94 bits per heavy atom. The quantitative estimate of drug-likeness (QED) is 0.505. The summed E-state index contributed by atoms with van der Waals surface area (Å²) >= 11 is 9.63. The van der Waals surface area contributed by atoms with Crippen molar-refractivity contribution < 1.29 is 18.9 Å². The van der Waals surface area contributed by atoms with Gasteiger partial charge in [-0.25, -0.2) is 9.97 Å². The number of fused-ring (bicyclic) bond motifs is 2. The highest BCUT2D eigenvalue weighted by Gasteiger charge is 2.48. The minimum absolute atomic E-state index is 0.0210. The molecule has 3 aromatic rings. The SMILES string of the molecule is CN[C@H]1CO[C@H]2[C@@H]1OC[C@@H]2Oc1cc2ncnc(Nc3ccc(Br)c(Cl)c3)c2cc1OC. The second-order valence-corrected chi connectivity index (χ2v) is 8.91. The van der Waals surface area contributed by atoms with Crippen LogP contribution in [0.1, 0.15) is 0 Å². The maximum atomic E-state index is 6.29. The molecule has 0 unspecified atom stereocenters. The molecule has 3 heterocycles. The fourth-order valence-corrected chi connectivity index (χ4v) is 4.53. The van der Waals surface area contributed by atoms with E-state index in [-0.39, 0.29) is 24.4 Å². The first-order valence-corrected chi connectivity index (χ1v) is 11.4. The highest BCUT2D eigenvalue weighted by molar-refractivity contribution is 9.10. The Morgan fingerprint density at radius 3 is 2.72 bits per heavy atom. The van der Waals surface area contributed by atoms with E-state index in [1.807, 2.05) is 37.4 Å². The zero-order valence-corrected chi connectivity index (χ0v) is 19.8. The lowest BCUT2D eigenvalue weighted by molar-refractivity contribution is 0.0293. The van der Waals surface area contributed by atoms with Crippen molar-refractivity contribution in [3.8, 4) is 11.5 Å². The molecule has 10 heteroatoms. The molecule has 2 aliphatic rings. The van der Waals surface area contributed by atoms with Crippen LogP contribution in [0.25, 0.3) is 10.9 Å². The standard InChI is InChI=1S/C22H22BrClN4O4/c1-25-16-8-30-21-19(9-31-20(16)21)32-18-7-15-12(6-17(18)29-2)22(27-10-26-15)28-11-3-4-13(23)14(24)5-11/h3-7,10,16,19-21,25H,8-9H2,1-2H3,(H,26,27,28)/t16-,19-,20+,21+/m0/s1. The fraction of sp³-hybridized carbons (Fsp3) is 0.364. The van der Waals surface area contributed by atoms with Crippen molar-refractivity contribution in [2.45, 2.75) is 24.4 Å². The number of nitrogens with one attached hydrogen (secondary N) is 2. The van der Waals surface area contributed by atoms with Gasteiger partial charge in [0, 0.05) is 21.6 Å². The zero-order valence-electron chi connectivity index (χ0n) is 17.5. The van der Waals surface area contributed by atoms with Crippen LogP contribution in [0.2, 0.25) is 5.02 Å². The van der Waals surface area contributed by atoms with Gasteiger partial charge in [0.1, 0.15) is 24.4 Å². The monoisotopic (exact) mass is 520 g/mol. The van der Waals surface area contributed by atoms with Gasteiger partial charge < -0.3 is 29.6 Å². The molecular weight excluding hydrogens is 500 g/mol. The van der Waals surface area contributed by atoms with Crippen molar-refractivity contribution in [3.63, 3.8) is 0 Å². The minimum Gasteiger partial charge on any atom is -0.493 e. The highest BCUT2D eigenvalue weighted by atomic mass is 79.9. The van der Waals surface area contributed by atoms with Gasteiger partial charge >= 0.3 is 0 Å². The van der Waals surface area contributed by atoms with Crippen LogP contribution < -0.4 is 20.1 Å². The van der Waals surface area contributed by atoms with Gasteiger partial charge in [0.05, 0.1) is 36.9 Å². The molecule has 2 aromatic carbocycles. The summed E-state index contributed by atoms with van der Waals surface area (Å²) in [6.45, 7) is 1.05. The lowest BCUT2D eigenvalue weighted by Gasteiger charge is -2.20. The Hall–Kier alpha value is -2.17. The third-order valence-corrected chi connectivity index (χ3v) is 6.99. The highest BCUT2D eigenvalue weighted by Crippen LogP contribution is 2.38. The van der Waals surface area contributed by atoms with Crippen LogP contribution in [-0.4, -0.2) is 61.7 Å². The molecule has 5 rings (SSSR count). The average Bonchev–Trinajstić information content (AvgIpc) is 3.39. The molecule has 2 aliphatic heterocycles. The summed E-state index contributed by atoms with van der Waals surface area (Å²) in [5.41, 5.74) is 1.53. The van der Waals surface area contributed by atoms with Gasteiger partial charge in [0.15, 0.2) is 17.6 Å². The number of anilines is 2. The van der Waals surface area contributed by atoms with Gasteiger partial charge in [-0.3, -0.25) is 0 Å². The van der Waals surface area contributed by atoms with E-state index < -0.39 is 0 Å². The van der Waals surface area contributed by atoms with Crippen LogP contribution >= 0.6 is 27.5 Å². The van der Waals surface area contributed by atoms with E-state index in [0.29, 0.717) is 35.6 Å². The van der Waals surface area contributed by atoms with E-state index in [0.717, 1.165) is 21.1 Å². The van der Waals surface area contributed by atoms with E-state index in [1.165, 1.54) is 6.33 Å². The first kappa shape index (κ1) is 21.7. The Labute approximate surface area is 198 Å². The molecule has 8 nitrogen and oxygen atoms in total. The number of ether oxygens (including phenoxy) is 4. The van der Waals surface area contributed by atoms with E-state index in [1.54, 1.807) is 7.11 Å². The molecule has 2 N–H and O–H groups in total. The summed E-state index contributed by atoms with van der Waals surface area (Å²) in [7, 11) is 3.52. The second-order valence-electron chi connectivity index (χ2n) is 7.64. The van der Waals surface area contributed by atoms with Crippen molar-refractivity contribution in [3.05, 3.63) is 46.2 Å². The maximum absolute atomic E-state index is 6.29. The topological polar surface area (TPSA) is 86.8 Å². The average molecular weight is 522 g/mol. The minimum atomic E-state index is -0.228. The molecule has 0 amide bonds. The molecule has 0 spiro atoms. The first-order chi connectivity index (χ1) is 15.6. The maximum Gasteiger partial charge on any atom is 0.164 e. The molecule has 2 saturated heterocycles. The number of nitrogens with zero attached hydrogens (tertiary/aromatic N) is 2. The summed E-state index contributed by atoms with van der Waals surface area (Å²) < 4.78 is 24.6. The molecule has 1 aromatic heterocycles. The first-order valence-electron chi connectivity index (χ1n) is 10.2. The van der Waals surface area contributed by atoms with Crippen LogP contribution in [0.15, 0.2) is 41.1 Å². The van der Waals surface area contributed by atoms with E-state index >= 15 is 0 Å². The summed E-state index contributed by atoms with van der Waals surface area (Å²) in [6, 6.07) is 9.50. The molecule has 168 valence electrons. The second kappa shape index (κ2) is 8.99. The van der Waals surface area contributed by atoms with E-state index in [9.17, 15) is 0 Å². The van der Waals surface area contributed by atoms with Gasteiger partial charge in [-0.1, -0.05) is 11.6 Å². The Morgan fingerprint density at radius 1 is 1.09 bits per heavy atom. The molecule has 0 radical (unpaired) electrons. The third kappa shape index (κ3) is 3.99. The number of methoxy groups -OCH3 is 1. The summed E-state index contributed by atoms with van der Waals surface area (Å²) in [4.78, 5) is 8.83. The van der Waals surface area contributed by atoms with Crippen LogP contribution in [0.3, 0.4) is 0 Å². The lowest BCUT2D eigenvalue weighted by atomic mass is 10.1. The van der Waals surface area contributed by atoms with Gasteiger partial charge in [0.25, 0.3) is 0 Å².